The van der Waals surface area contributed by atoms with Crippen molar-refractivity contribution in [2.45, 2.75) is 44.7 Å². The Morgan fingerprint density at radius 2 is 1.94 bits per heavy atom. The summed E-state index contributed by atoms with van der Waals surface area (Å²) in [5.41, 5.74) is 3.62. The number of halogens is 1. The summed E-state index contributed by atoms with van der Waals surface area (Å²) in [4.78, 5) is 24.4. The SMILES string of the molecule is Cc1c(-c2cccc(SN(C)C)c2)c2cc(C=O)ccc2n1C/C(F)=C/CNC(=O)OC(C)(C)C. The number of aromatic nitrogens is 1. The van der Waals surface area contributed by atoms with Crippen LogP contribution in [-0.4, -0.2) is 47.5 Å². The van der Waals surface area contributed by atoms with E-state index in [1.54, 1.807) is 38.8 Å². The predicted molar refractivity (Wildman–Crippen MR) is 140 cm³/mol. The van der Waals surface area contributed by atoms with Gasteiger partial charge in [0, 0.05) is 39.2 Å². The van der Waals surface area contributed by atoms with Crippen molar-refractivity contribution in [1.29, 1.82) is 0 Å². The quantitative estimate of drug-likeness (QED) is 0.289. The molecule has 0 aliphatic heterocycles. The second-order valence-electron chi connectivity index (χ2n) is 9.41. The van der Waals surface area contributed by atoms with Gasteiger partial charge in [-0.15, -0.1) is 0 Å². The van der Waals surface area contributed by atoms with E-state index in [2.05, 4.69) is 11.4 Å². The molecule has 35 heavy (non-hydrogen) atoms. The molecule has 0 saturated heterocycles. The molecule has 3 rings (SSSR count). The van der Waals surface area contributed by atoms with Gasteiger partial charge in [0.1, 0.15) is 17.7 Å². The van der Waals surface area contributed by atoms with Crippen LogP contribution in [0.3, 0.4) is 0 Å². The molecule has 0 atom stereocenters. The number of carbonyl (C=O) groups excluding carboxylic acids is 2. The van der Waals surface area contributed by atoms with Crippen molar-refractivity contribution in [2.24, 2.45) is 0 Å². The largest absolute Gasteiger partial charge is 0.444 e. The third-order valence-electron chi connectivity index (χ3n) is 5.17. The molecule has 8 heteroatoms. The molecule has 1 aromatic heterocycles. The molecular weight excluding hydrogens is 465 g/mol. The van der Waals surface area contributed by atoms with Crippen LogP contribution in [0.25, 0.3) is 22.0 Å². The van der Waals surface area contributed by atoms with E-state index < -0.39 is 11.7 Å². The maximum Gasteiger partial charge on any atom is 0.407 e. The van der Waals surface area contributed by atoms with Crippen molar-refractivity contribution < 1.29 is 18.7 Å². The third kappa shape index (κ3) is 6.96. The zero-order valence-corrected chi connectivity index (χ0v) is 21.8. The van der Waals surface area contributed by atoms with E-state index in [4.69, 9.17) is 4.74 Å². The van der Waals surface area contributed by atoms with E-state index in [1.165, 1.54) is 6.08 Å². The number of allylic oxidation sites excluding steroid dienone is 1. The van der Waals surface area contributed by atoms with Gasteiger partial charge in [-0.1, -0.05) is 12.1 Å². The number of hydrogen-bond acceptors (Lipinski definition) is 5. The van der Waals surface area contributed by atoms with Crippen LogP contribution >= 0.6 is 11.9 Å². The maximum absolute atomic E-state index is 14.9. The summed E-state index contributed by atoms with van der Waals surface area (Å²) < 4.78 is 24.0. The van der Waals surface area contributed by atoms with Crippen LogP contribution in [0.1, 0.15) is 36.8 Å². The van der Waals surface area contributed by atoms with Crippen LogP contribution in [0, 0.1) is 6.92 Å². The molecule has 186 valence electrons. The molecule has 0 aliphatic carbocycles. The lowest BCUT2D eigenvalue weighted by atomic mass is 10.0. The average Bonchev–Trinajstić information content (AvgIpc) is 3.02. The van der Waals surface area contributed by atoms with Crippen molar-refractivity contribution in [1.82, 2.24) is 14.2 Å². The molecule has 0 bridgehead atoms. The van der Waals surface area contributed by atoms with Crippen LogP contribution < -0.4 is 5.32 Å². The minimum atomic E-state index is -0.618. The summed E-state index contributed by atoms with van der Waals surface area (Å²) in [7, 11) is 3.97. The molecule has 0 saturated carbocycles. The highest BCUT2D eigenvalue weighted by atomic mass is 32.2. The zero-order chi connectivity index (χ0) is 25.8. The third-order valence-corrected chi connectivity index (χ3v) is 6.00. The number of nitrogens with one attached hydrogen (secondary N) is 1. The molecule has 0 spiro atoms. The van der Waals surface area contributed by atoms with Gasteiger partial charge in [-0.25, -0.2) is 9.18 Å². The van der Waals surface area contributed by atoms with Gasteiger partial charge in [0.2, 0.25) is 0 Å². The van der Waals surface area contributed by atoms with Crippen molar-refractivity contribution in [2.75, 3.05) is 20.6 Å². The number of amides is 1. The summed E-state index contributed by atoms with van der Waals surface area (Å²) in [6.07, 6.45) is 1.56. The summed E-state index contributed by atoms with van der Waals surface area (Å²) in [6.45, 7) is 7.28. The van der Waals surface area contributed by atoms with Crippen LogP contribution in [0.2, 0.25) is 0 Å². The molecule has 6 nitrogen and oxygen atoms in total. The molecule has 0 fully saturated rings. The van der Waals surface area contributed by atoms with Gasteiger partial charge >= 0.3 is 6.09 Å². The lowest BCUT2D eigenvalue weighted by Gasteiger charge is -2.19. The van der Waals surface area contributed by atoms with Crippen LogP contribution in [0.15, 0.2) is 59.3 Å². The first-order chi connectivity index (χ1) is 16.5. The fourth-order valence-electron chi connectivity index (χ4n) is 3.84. The Kier molecular flexibility index (Phi) is 8.40. The van der Waals surface area contributed by atoms with Crippen molar-refractivity contribution in [3.63, 3.8) is 0 Å². The van der Waals surface area contributed by atoms with E-state index in [1.807, 2.05) is 60.2 Å². The van der Waals surface area contributed by atoms with E-state index >= 15 is 0 Å². The average molecular weight is 498 g/mol. The Hall–Kier alpha value is -3.10. The lowest BCUT2D eigenvalue weighted by Crippen LogP contribution is -2.32. The van der Waals surface area contributed by atoms with E-state index in [-0.39, 0.29) is 18.9 Å². The number of ether oxygens (including phenoxy) is 1. The van der Waals surface area contributed by atoms with Crippen molar-refractivity contribution >= 4 is 35.2 Å². The summed E-state index contributed by atoms with van der Waals surface area (Å²) >= 11 is 1.61. The summed E-state index contributed by atoms with van der Waals surface area (Å²) in [5.74, 6) is -0.385. The lowest BCUT2D eigenvalue weighted by molar-refractivity contribution is 0.0533. The van der Waals surface area contributed by atoms with Crippen LogP contribution in [-0.2, 0) is 11.3 Å². The van der Waals surface area contributed by atoms with Gasteiger partial charge in [-0.2, -0.15) is 0 Å². The molecule has 0 unspecified atom stereocenters. The Morgan fingerprint density at radius 3 is 2.60 bits per heavy atom. The Balaban J connectivity index is 1.95. The Labute approximate surface area is 210 Å². The highest BCUT2D eigenvalue weighted by Gasteiger charge is 2.18. The topological polar surface area (TPSA) is 63.6 Å². The monoisotopic (exact) mass is 497 g/mol. The molecular formula is C27H32FN3O3S. The zero-order valence-electron chi connectivity index (χ0n) is 21.0. The fraction of sp³-hybridized carbons (Fsp3) is 0.333. The van der Waals surface area contributed by atoms with Crippen LogP contribution in [0.5, 0.6) is 0 Å². The van der Waals surface area contributed by atoms with E-state index in [9.17, 15) is 14.0 Å². The number of carbonyl (C=O) groups is 2. The van der Waals surface area contributed by atoms with Gasteiger partial charge in [0.15, 0.2) is 0 Å². The smallest absolute Gasteiger partial charge is 0.407 e. The van der Waals surface area contributed by atoms with E-state index in [0.29, 0.717) is 5.56 Å². The molecule has 0 radical (unpaired) electrons. The second-order valence-corrected chi connectivity index (χ2v) is 10.8. The van der Waals surface area contributed by atoms with Gasteiger partial charge < -0.3 is 14.6 Å². The normalized spacial score (nSPS) is 12.3. The van der Waals surface area contributed by atoms with Crippen molar-refractivity contribution in [3.05, 3.63) is 65.6 Å². The number of aldehydes is 1. The van der Waals surface area contributed by atoms with E-state index in [0.717, 1.165) is 38.9 Å². The first-order valence-electron chi connectivity index (χ1n) is 11.3. The number of nitrogens with zero attached hydrogens (tertiary/aromatic N) is 2. The first kappa shape index (κ1) is 26.5. The second kappa shape index (κ2) is 11.1. The van der Waals surface area contributed by atoms with Gasteiger partial charge in [0.25, 0.3) is 0 Å². The number of hydrogen-bond donors (Lipinski definition) is 1. The van der Waals surface area contributed by atoms with Gasteiger partial charge in [-0.05, 0) is 95.7 Å². The molecule has 2 aromatic carbocycles. The Morgan fingerprint density at radius 1 is 1.20 bits per heavy atom. The molecule has 1 heterocycles. The van der Waals surface area contributed by atoms with Crippen LogP contribution in [0.4, 0.5) is 9.18 Å². The molecule has 3 aromatic rings. The van der Waals surface area contributed by atoms with Crippen molar-refractivity contribution in [3.8, 4) is 11.1 Å². The number of benzene rings is 2. The fourth-order valence-corrected chi connectivity index (χ4v) is 4.58. The minimum Gasteiger partial charge on any atom is -0.444 e. The highest BCUT2D eigenvalue weighted by Crippen LogP contribution is 2.37. The number of rotatable bonds is 8. The summed E-state index contributed by atoms with van der Waals surface area (Å²) in [5, 5.41) is 3.43. The van der Waals surface area contributed by atoms with Gasteiger partial charge in [0.05, 0.1) is 6.54 Å². The standard InChI is InChI=1S/C27H32FN3O3S/c1-18-25(20-8-7-9-22(15-20)35-30(5)6)23-14-19(17-32)10-11-24(23)31(18)16-21(28)12-13-29-26(33)34-27(2,3)4/h7-12,14-15,17H,13,16H2,1-6H3,(H,29,33)/b21-12-. The first-order valence-corrected chi connectivity index (χ1v) is 12.1. The number of fused-ring (bicyclic) bond motifs is 1. The molecule has 0 aliphatic rings. The summed E-state index contributed by atoms with van der Waals surface area (Å²) in [6, 6.07) is 13.6. The highest BCUT2D eigenvalue weighted by molar-refractivity contribution is 7.97. The Bertz CT molecular complexity index is 1260. The predicted octanol–water partition coefficient (Wildman–Crippen LogP) is 6.38. The van der Waals surface area contributed by atoms with Gasteiger partial charge in [-0.3, -0.25) is 9.10 Å². The maximum atomic E-state index is 14.9. The molecule has 1 amide bonds. The molecule has 1 N–H and O–H groups in total. The minimum absolute atomic E-state index is 0.00487. The number of alkyl carbamates (subject to hydrolysis) is 1.